The van der Waals surface area contributed by atoms with Crippen LogP contribution in [0.1, 0.15) is 5.56 Å². The Morgan fingerprint density at radius 3 is 2.64 bits per heavy atom. The van der Waals surface area contributed by atoms with Crippen molar-refractivity contribution in [2.24, 2.45) is 0 Å². The van der Waals surface area contributed by atoms with Crippen molar-refractivity contribution in [3.8, 4) is 5.75 Å². The molecule has 5 heteroatoms. The van der Waals surface area contributed by atoms with Crippen LogP contribution in [0, 0.1) is 6.92 Å². The number of benzene rings is 1. The SMILES string of the molecule is COc1cc(C)c(NC(=O)Cl)cc1Cl. The molecule has 0 fully saturated rings. The van der Waals surface area contributed by atoms with Crippen LogP contribution < -0.4 is 10.1 Å². The van der Waals surface area contributed by atoms with E-state index in [-0.39, 0.29) is 0 Å². The van der Waals surface area contributed by atoms with Gasteiger partial charge in [0.1, 0.15) is 5.75 Å². The van der Waals surface area contributed by atoms with Crippen LogP contribution in [0.4, 0.5) is 10.5 Å². The summed E-state index contributed by atoms with van der Waals surface area (Å²) in [5.41, 5.74) is 1.41. The minimum atomic E-state index is -0.644. The number of halogens is 2. The fourth-order valence-corrected chi connectivity index (χ4v) is 1.39. The Hall–Kier alpha value is -0.930. The van der Waals surface area contributed by atoms with E-state index in [4.69, 9.17) is 27.9 Å². The summed E-state index contributed by atoms with van der Waals surface area (Å²) in [4.78, 5) is 10.6. The van der Waals surface area contributed by atoms with Gasteiger partial charge < -0.3 is 10.1 Å². The molecule has 0 bridgehead atoms. The second-order valence-corrected chi connectivity index (χ2v) is 3.45. The van der Waals surface area contributed by atoms with Gasteiger partial charge in [0.15, 0.2) is 0 Å². The van der Waals surface area contributed by atoms with E-state index in [1.165, 1.54) is 7.11 Å². The average molecular weight is 234 g/mol. The molecule has 1 aromatic carbocycles. The number of methoxy groups -OCH3 is 1. The highest BCUT2D eigenvalue weighted by Crippen LogP contribution is 2.30. The number of carbonyl (C=O) groups excluding carboxylic acids is 1. The summed E-state index contributed by atoms with van der Waals surface area (Å²) in [5, 5.41) is 2.24. The maximum Gasteiger partial charge on any atom is 0.318 e. The number of rotatable bonds is 2. The minimum absolute atomic E-state index is 0.429. The maximum absolute atomic E-state index is 10.6. The summed E-state index contributed by atoms with van der Waals surface area (Å²) in [5.74, 6) is 0.566. The summed E-state index contributed by atoms with van der Waals surface area (Å²) in [6.45, 7) is 1.82. The van der Waals surface area contributed by atoms with Crippen LogP contribution >= 0.6 is 23.2 Å². The molecule has 0 unspecified atom stereocenters. The Kier molecular flexibility index (Phi) is 3.61. The molecule has 0 spiro atoms. The summed E-state index contributed by atoms with van der Waals surface area (Å²) >= 11 is 11.1. The normalized spacial score (nSPS) is 9.71. The molecule has 14 heavy (non-hydrogen) atoms. The number of anilines is 1. The fraction of sp³-hybridized carbons (Fsp3) is 0.222. The van der Waals surface area contributed by atoms with Gasteiger partial charge in [0.25, 0.3) is 0 Å². The first-order valence-electron chi connectivity index (χ1n) is 3.85. The predicted molar refractivity (Wildman–Crippen MR) is 57.6 cm³/mol. The second kappa shape index (κ2) is 4.53. The lowest BCUT2D eigenvalue weighted by Crippen LogP contribution is -2.03. The number of hydrogen-bond acceptors (Lipinski definition) is 2. The van der Waals surface area contributed by atoms with Crippen molar-refractivity contribution >= 4 is 34.3 Å². The van der Waals surface area contributed by atoms with Gasteiger partial charge >= 0.3 is 5.37 Å². The second-order valence-electron chi connectivity index (χ2n) is 2.70. The number of hydrogen-bond donors (Lipinski definition) is 1. The van der Waals surface area contributed by atoms with Gasteiger partial charge in [-0.2, -0.15) is 0 Å². The summed E-state index contributed by atoms with van der Waals surface area (Å²) in [6, 6.07) is 3.32. The molecule has 0 radical (unpaired) electrons. The molecule has 0 aromatic heterocycles. The third-order valence-corrected chi connectivity index (χ3v) is 2.12. The van der Waals surface area contributed by atoms with Crippen molar-refractivity contribution in [1.82, 2.24) is 0 Å². The standard InChI is InChI=1S/C9H9Cl2NO2/c1-5-3-8(14-2)6(10)4-7(5)12-9(11)13/h3-4H,1-2H3,(H,12,13). The van der Waals surface area contributed by atoms with E-state index in [1.807, 2.05) is 6.92 Å². The number of aryl methyl sites for hydroxylation is 1. The highest BCUT2D eigenvalue weighted by Gasteiger charge is 2.07. The van der Waals surface area contributed by atoms with E-state index in [0.717, 1.165) is 5.56 Å². The quantitative estimate of drug-likeness (QED) is 0.628. The van der Waals surface area contributed by atoms with Gasteiger partial charge in [-0.15, -0.1) is 0 Å². The molecular formula is C9H9Cl2NO2. The van der Waals surface area contributed by atoms with Crippen LogP contribution in [-0.4, -0.2) is 12.5 Å². The van der Waals surface area contributed by atoms with Gasteiger partial charge in [-0.3, -0.25) is 4.79 Å². The molecule has 0 saturated carbocycles. The van der Waals surface area contributed by atoms with Gasteiger partial charge in [-0.05, 0) is 36.2 Å². The van der Waals surface area contributed by atoms with E-state index < -0.39 is 5.37 Å². The van der Waals surface area contributed by atoms with Crippen LogP contribution in [0.25, 0.3) is 0 Å². The van der Waals surface area contributed by atoms with Gasteiger partial charge in [0.05, 0.1) is 12.1 Å². The number of carbonyl (C=O) groups is 1. The van der Waals surface area contributed by atoms with Crippen LogP contribution in [0.2, 0.25) is 5.02 Å². The Morgan fingerprint density at radius 1 is 1.50 bits per heavy atom. The van der Waals surface area contributed by atoms with Crippen LogP contribution in [-0.2, 0) is 0 Å². The van der Waals surface area contributed by atoms with Crippen molar-refractivity contribution in [2.75, 3.05) is 12.4 Å². The molecular weight excluding hydrogens is 225 g/mol. The Morgan fingerprint density at radius 2 is 2.14 bits per heavy atom. The van der Waals surface area contributed by atoms with Crippen molar-refractivity contribution in [3.63, 3.8) is 0 Å². The number of amides is 1. The monoisotopic (exact) mass is 233 g/mol. The zero-order chi connectivity index (χ0) is 10.7. The molecule has 0 heterocycles. The molecule has 3 nitrogen and oxygen atoms in total. The lowest BCUT2D eigenvalue weighted by molar-refractivity contribution is 0.269. The molecule has 1 rings (SSSR count). The van der Waals surface area contributed by atoms with Crippen LogP contribution in [0.15, 0.2) is 12.1 Å². The molecule has 76 valence electrons. The van der Waals surface area contributed by atoms with E-state index >= 15 is 0 Å². The largest absolute Gasteiger partial charge is 0.495 e. The van der Waals surface area contributed by atoms with E-state index in [0.29, 0.717) is 16.5 Å². The van der Waals surface area contributed by atoms with Gasteiger partial charge in [0, 0.05) is 5.69 Å². The van der Waals surface area contributed by atoms with Gasteiger partial charge in [-0.25, -0.2) is 0 Å². The smallest absolute Gasteiger partial charge is 0.318 e. The number of nitrogens with one attached hydrogen (secondary N) is 1. The zero-order valence-electron chi connectivity index (χ0n) is 7.73. The van der Waals surface area contributed by atoms with Crippen LogP contribution in [0.5, 0.6) is 5.75 Å². The molecule has 1 aromatic rings. The van der Waals surface area contributed by atoms with Crippen molar-refractivity contribution < 1.29 is 9.53 Å². The topological polar surface area (TPSA) is 38.3 Å². The molecule has 1 amide bonds. The fourth-order valence-electron chi connectivity index (χ4n) is 1.05. The first-order chi connectivity index (χ1) is 6.54. The first-order valence-corrected chi connectivity index (χ1v) is 4.61. The molecule has 1 N–H and O–H groups in total. The van der Waals surface area contributed by atoms with E-state index in [2.05, 4.69) is 5.32 Å². The summed E-state index contributed by atoms with van der Waals surface area (Å²) in [7, 11) is 1.53. The zero-order valence-corrected chi connectivity index (χ0v) is 9.24. The van der Waals surface area contributed by atoms with E-state index in [9.17, 15) is 4.79 Å². The highest BCUT2D eigenvalue weighted by molar-refractivity contribution is 6.65. The summed E-state index contributed by atoms with van der Waals surface area (Å²) in [6.07, 6.45) is 0. The Balaban J connectivity index is 3.08. The van der Waals surface area contributed by atoms with Crippen molar-refractivity contribution in [2.45, 2.75) is 6.92 Å². The molecule has 0 aliphatic carbocycles. The Labute approximate surface area is 92.0 Å². The average Bonchev–Trinajstić information content (AvgIpc) is 2.10. The first kappa shape index (κ1) is 11.1. The Bertz CT molecular complexity index is 366. The predicted octanol–water partition coefficient (Wildman–Crippen LogP) is 3.43. The number of ether oxygens (including phenoxy) is 1. The lowest BCUT2D eigenvalue weighted by Gasteiger charge is -2.09. The molecule has 0 aliphatic heterocycles. The lowest BCUT2D eigenvalue weighted by atomic mass is 10.2. The van der Waals surface area contributed by atoms with Crippen LogP contribution in [0.3, 0.4) is 0 Å². The van der Waals surface area contributed by atoms with E-state index in [1.54, 1.807) is 12.1 Å². The van der Waals surface area contributed by atoms with Crippen molar-refractivity contribution in [3.05, 3.63) is 22.7 Å². The third-order valence-electron chi connectivity index (χ3n) is 1.73. The summed E-state index contributed by atoms with van der Waals surface area (Å²) < 4.78 is 5.01. The maximum atomic E-state index is 10.6. The van der Waals surface area contributed by atoms with Gasteiger partial charge in [-0.1, -0.05) is 11.6 Å². The highest BCUT2D eigenvalue weighted by atomic mass is 35.5. The third kappa shape index (κ3) is 2.53. The molecule has 0 saturated heterocycles. The molecule has 0 atom stereocenters. The van der Waals surface area contributed by atoms with Crippen molar-refractivity contribution in [1.29, 1.82) is 0 Å². The minimum Gasteiger partial charge on any atom is -0.495 e. The molecule has 0 aliphatic rings. The van der Waals surface area contributed by atoms with Gasteiger partial charge in [0.2, 0.25) is 0 Å².